The van der Waals surface area contributed by atoms with Crippen LogP contribution in [0.2, 0.25) is 0 Å². The van der Waals surface area contributed by atoms with Crippen molar-refractivity contribution in [3.05, 3.63) is 182 Å². The largest absolute Gasteiger partial charge is 3.00 e. The second kappa shape index (κ2) is 17.2. The van der Waals surface area contributed by atoms with Gasteiger partial charge in [0.05, 0.1) is 17.3 Å². The van der Waals surface area contributed by atoms with Gasteiger partial charge >= 0.3 is 20.1 Å². The molecule has 248 valence electrons. The molecule has 0 unspecified atom stereocenters. The topological polar surface area (TPSA) is 53.5 Å². The van der Waals surface area contributed by atoms with Crippen molar-refractivity contribution in [2.24, 2.45) is 14.1 Å². The zero-order chi connectivity index (χ0) is 34.0. The fourth-order valence-corrected chi connectivity index (χ4v) is 5.56. The fraction of sp³-hybridized carbons (Fsp3) is 0.0930. The number of benzene rings is 5. The van der Waals surface area contributed by atoms with Crippen molar-refractivity contribution in [3.63, 3.8) is 0 Å². The van der Waals surface area contributed by atoms with Gasteiger partial charge in [-0.2, -0.15) is 29.4 Å². The number of aromatic nitrogens is 6. The monoisotopic (exact) mass is 830 g/mol. The van der Waals surface area contributed by atoms with E-state index in [0.29, 0.717) is 0 Å². The smallest absolute Gasteiger partial charge is 0.373 e. The third kappa shape index (κ3) is 8.50. The summed E-state index contributed by atoms with van der Waals surface area (Å²) in [6.45, 7) is 4.04. The Morgan fingerprint density at radius 1 is 0.540 bits per heavy atom. The molecule has 0 fully saturated rings. The van der Waals surface area contributed by atoms with Crippen LogP contribution in [-0.4, -0.2) is 28.9 Å². The van der Waals surface area contributed by atoms with Crippen LogP contribution in [0.4, 0.5) is 0 Å². The molecule has 0 atom stereocenters. The van der Waals surface area contributed by atoms with Crippen molar-refractivity contribution in [2.45, 2.75) is 13.8 Å². The van der Waals surface area contributed by atoms with Crippen LogP contribution in [0.1, 0.15) is 11.4 Å². The van der Waals surface area contributed by atoms with Crippen molar-refractivity contribution in [1.29, 1.82) is 0 Å². The molecule has 3 heterocycles. The Labute approximate surface area is 308 Å². The Morgan fingerprint density at radius 3 is 1.42 bits per heavy atom. The SMILES string of the molecule is Cc1cc(C)n(-c2[c-]cccc2)n1.Cn1ccnc1-c1[c-]cccc1-c1ccccc1.Cn1ccnc1-c1[c-]cccc1-c1ccccc1.[Ir+3]. The molecule has 0 saturated heterocycles. The van der Waals surface area contributed by atoms with Crippen LogP contribution >= 0.6 is 0 Å². The molecule has 0 N–H and O–H groups in total. The standard InChI is InChI=1S/2C16H13N2.C11H11N2.Ir/c2*1-18-12-11-17-16(18)15-10-6-5-9-14(15)13-7-3-2-4-8-13;1-9-8-10(2)13(12-9)11-6-4-3-5-7-11;/h2*2-9,11-12H,1H3;3-6,8H,1-2H3;/q3*-1;+3. The minimum atomic E-state index is 0. The third-order valence-electron chi connectivity index (χ3n) is 7.90. The maximum Gasteiger partial charge on any atom is 3.00 e. The Bertz CT molecular complexity index is 2100. The van der Waals surface area contributed by atoms with E-state index in [-0.39, 0.29) is 20.1 Å². The van der Waals surface area contributed by atoms with Crippen molar-refractivity contribution in [1.82, 2.24) is 28.9 Å². The molecule has 50 heavy (non-hydrogen) atoms. The summed E-state index contributed by atoms with van der Waals surface area (Å²) in [7, 11) is 4.00. The normalized spacial score (nSPS) is 10.2. The molecular formula is C43H37IrN6. The van der Waals surface area contributed by atoms with Crippen molar-refractivity contribution >= 4 is 0 Å². The van der Waals surface area contributed by atoms with E-state index < -0.39 is 0 Å². The van der Waals surface area contributed by atoms with Gasteiger partial charge in [0, 0.05) is 44.6 Å². The van der Waals surface area contributed by atoms with Crippen molar-refractivity contribution in [2.75, 3.05) is 0 Å². The van der Waals surface area contributed by atoms with Gasteiger partial charge in [0.15, 0.2) is 0 Å². The summed E-state index contributed by atoms with van der Waals surface area (Å²) in [5.74, 6) is 1.88. The van der Waals surface area contributed by atoms with Crippen molar-refractivity contribution < 1.29 is 20.1 Å². The van der Waals surface area contributed by atoms with Crippen molar-refractivity contribution in [3.8, 4) is 50.7 Å². The number of aryl methyl sites for hydroxylation is 4. The van der Waals surface area contributed by atoms with Gasteiger partial charge in [0.1, 0.15) is 0 Å². The molecule has 0 bridgehead atoms. The molecule has 5 aromatic carbocycles. The van der Waals surface area contributed by atoms with Crippen LogP contribution in [0.25, 0.3) is 50.7 Å². The van der Waals surface area contributed by atoms with Crippen LogP contribution in [0.3, 0.4) is 0 Å². The summed E-state index contributed by atoms with van der Waals surface area (Å²) in [4.78, 5) is 8.81. The number of nitrogens with zero attached hydrogens (tertiary/aromatic N) is 6. The number of hydrogen-bond acceptors (Lipinski definition) is 3. The Balaban J connectivity index is 0.000000147. The average Bonchev–Trinajstić information content (AvgIpc) is 3.88. The molecule has 0 aliphatic carbocycles. The van der Waals surface area contributed by atoms with Gasteiger partial charge in [0.25, 0.3) is 0 Å². The molecule has 0 radical (unpaired) electrons. The predicted octanol–water partition coefficient (Wildman–Crippen LogP) is 9.40. The van der Waals surface area contributed by atoms with Crippen LogP contribution in [0, 0.1) is 32.0 Å². The molecule has 0 saturated carbocycles. The van der Waals surface area contributed by atoms with E-state index in [0.717, 1.165) is 51.0 Å². The maximum atomic E-state index is 4.40. The number of hydrogen-bond donors (Lipinski definition) is 0. The molecular weight excluding hydrogens is 793 g/mol. The Kier molecular flexibility index (Phi) is 12.2. The minimum Gasteiger partial charge on any atom is -0.373 e. The summed E-state index contributed by atoms with van der Waals surface area (Å²) in [6.07, 6.45) is 7.52. The summed E-state index contributed by atoms with van der Waals surface area (Å²) in [5, 5.41) is 4.37. The molecule has 7 heteroatoms. The average molecular weight is 830 g/mol. The first-order valence-electron chi connectivity index (χ1n) is 16.1. The second-order valence-corrected chi connectivity index (χ2v) is 11.5. The first kappa shape index (κ1) is 35.7. The molecule has 0 aliphatic rings. The second-order valence-electron chi connectivity index (χ2n) is 11.5. The molecule has 8 aromatic rings. The van der Waals surface area contributed by atoms with E-state index in [9.17, 15) is 0 Å². The van der Waals surface area contributed by atoms with Crippen LogP contribution in [0.5, 0.6) is 0 Å². The van der Waals surface area contributed by atoms with Gasteiger partial charge in [-0.1, -0.05) is 82.9 Å². The van der Waals surface area contributed by atoms with Crippen LogP contribution in [-0.2, 0) is 34.2 Å². The van der Waals surface area contributed by atoms with E-state index in [4.69, 9.17) is 0 Å². The Morgan fingerprint density at radius 2 is 1.02 bits per heavy atom. The number of imidazole rings is 2. The summed E-state index contributed by atoms with van der Waals surface area (Å²) >= 11 is 0. The molecule has 3 aromatic heterocycles. The Hall–Kier alpha value is -5.62. The van der Waals surface area contributed by atoms with Gasteiger partial charge in [-0.15, -0.1) is 65.7 Å². The molecule has 8 rings (SSSR count). The predicted molar refractivity (Wildman–Crippen MR) is 198 cm³/mol. The van der Waals surface area contributed by atoms with Gasteiger partial charge in [-0.25, -0.2) is 0 Å². The molecule has 0 spiro atoms. The first-order valence-corrected chi connectivity index (χ1v) is 16.1. The summed E-state index contributed by atoms with van der Waals surface area (Å²) in [6, 6.07) is 52.4. The zero-order valence-electron chi connectivity index (χ0n) is 28.5. The summed E-state index contributed by atoms with van der Waals surface area (Å²) in [5.41, 5.74) is 9.94. The first-order chi connectivity index (χ1) is 24.0. The summed E-state index contributed by atoms with van der Waals surface area (Å²) < 4.78 is 5.92. The maximum absolute atomic E-state index is 4.40. The van der Waals surface area contributed by atoms with E-state index in [1.165, 1.54) is 11.1 Å². The van der Waals surface area contributed by atoms with Gasteiger partial charge in [0.2, 0.25) is 0 Å². The van der Waals surface area contributed by atoms with E-state index in [1.807, 2.05) is 151 Å². The molecule has 0 aliphatic heterocycles. The quantitative estimate of drug-likeness (QED) is 0.163. The molecule has 0 amide bonds. The minimum absolute atomic E-state index is 0. The zero-order valence-corrected chi connectivity index (χ0v) is 30.8. The van der Waals surface area contributed by atoms with Crippen LogP contribution in [0.15, 0.2) is 152 Å². The third-order valence-corrected chi connectivity index (χ3v) is 7.90. The number of para-hydroxylation sites is 1. The van der Waals surface area contributed by atoms with Gasteiger partial charge in [-0.05, 0) is 25.6 Å². The van der Waals surface area contributed by atoms with Crippen LogP contribution < -0.4 is 0 Å². The van der Waals surface area contributed by atoms with E-state index >= 15 is 0 Å². The fourth-order valence-electron chi connectivity index (χ4n) is 5.56. The van der Waals surface area contributed by atoms with Gasteiger partial charge in [-0.3, -0.25) is 14.6 Å². The van der Waals surface area contributed by atoms with E-state index in [2.05, 4.69) is 75.7 Å². The number of rotatable bonds is 5. The van der Waals surface area contributed by atoms with Gasteiger partial charge < -0.3 is 9.13 Å². The molecule has 6 nitrogen and oxygen atoms in total. The van der Waals surface area contributed by atoms with E-state index in [1.54, 1.807) is 0 Å².